The van der Waals surface area contributed by atoms with E-state index in [1.54, 1.807) is 6.39 Å². The van der Waals surface area contributed by atoms with Crippen molar-refractivity contribution in [3.8, 4) is 0 Å². The van der Waals surface area contributed by atoms with E-state index in [-0.39, 0.29) is 0 Å². The van der Waals surface area contributed by atoms with Gasteiger partial charge >= 0.3 is 0 Å². The highest BCUT2D eigenvalue weighted by molar-refractivity contribution is 5.24. The van der Waals surface area contributed by atoms with E-state index in [1.807, 2.05) is 0 Å². The van der Waals surface area contributed by atoms with Crippen molar-refractivity contribution in [3.05, 3.63) is 17.8 Å². The van der Waals surface area contributed by atoms with Crippen molar-refractivity contribution in [2.24, 2.45) is 17.8 Å². The molecule has 4 bridgehead atoms. The molecule has 4 aliphatic carbocycles. The van der Waals surface area contributed by atoms with Crippen LogP contribution in [0.25, 0.3) is 0 Å². The van der Waals surface area contributed by atoms with E-state index in [9.17, 15) is 0 Å². The summed E-state index contributed by atoms with van der Waals surface area (Å²) in [6.07, 6.45) is 10.2. The van der Waals surface area contributed by atoms with Gasteiger partial charge in [0.2, 0.25) is 0 Å². The molecule has 1 aromatic heterocycles. The van der Waals surface area contributed by atoms with Gasteiger partial charge < -0.3 is 9.73 Å². The smallest absolute Gasteiger partial charge is 0.181 e. The second-order valence-corrected chi connectivity index (χ2v) is 7.86. The zero-order valence-electron chi connectivity index (χ0n) is 12.7. The lowest BCUT2D eigenvalue weighted by molar-refractivity contribution is -0.0157. The lowest BCUT2D eigenvalue weighted by atomic mass is 9.49. The van der Waals surface area contributed by atoms with Crippen LogP contribution in [0, 0.1) is 17.8 Å². The summed E-state index contributed by atoms with van der Waals surface area (Å²) in [5, 5.41) is 3.50. The molecule has 0 spiro atoms. The monoisotopic (exact) mass is 274 g/mol. The molecule has 110 valence electrons. The van der Waals surface area contributed by atoms with Crippen LogP contribution < -0.4 is 5.32 Å². The SMILES string of the molecule is CC(C)NCc1ncoc1C12CC3CC(CC(C3)C1)C2. The number of nitrogens with zero attached hydrogens (tertiary/aromatic N) is 1. The Morgan fingerprint density at radius 3 is 2.35 bits per heavy atom. The Bertz CT molecular complexity index is 456. The maximum atomic E-state index is 5.93. The van der Waals surface area contributed by atoms with E-state index in [2.05, 4.69) is 24.1 Å². The standard InChI is InChI=1S/C17H26N2O/c1-11(2)18-9-15-16(20-10-19-15)17-6-12-3-13(7-17)5-14(4-12)8-17/h10-14,18H,3-9H2,1-2H3. The van der Waals surface area contributed by atoms with Crippen LogP contribution in [-0.2, 0) is 12.0 Å². The average molecular weight is 274 g/mol. The Morgan fingerprint density at radius 1 is 1.20 bits per heavy atom. The minimum absolute atomic E-state index is 0.333. The molecule has 0 unspecified atom stereocenters. The largest absolute Gasteiger partial charge is 0.448 e. The van der Waals surface area contributed by atoms with Crippen molar-refractivity contribution in [2.75, 3.05) is 0 Å². The van der Waals surface area contributed by atoms with E-state index in [0.29, 0.717) is 11.5 Å². The third kappa shape index (κ3) is 2.02. The van der Waals surface area contributed by atoms with Crippen molar-refractivity contribution in [1.82, 2.24) is 10.3 Å². The molecule has 20 heavy (non-hydrogen) atoms. The van der Waals surface area contributed by atoms with Gasteiger partial charge in [0.25, 0.3) is 0 Å². The minimum atomic E-state index is 0.333. The fraction of sp³-hybridized carbons (Fsp3) is 0.824. The van der Waals surface area contributed by atoms with Crippen LogP contribution in [0.5, 0.6) is 0 Å². The zero-order valence-corrected chi connectivity index (χ0v) is 12.7. The highest BCUT2D eigenvalue weighted by Gasteiger charge is 2.53. The van der Waals surface area contributed by atoms with E-state index < -0.39 is 0 Å². The van der Waals surface area contributed by atoms with Gasteiger partial charge in [-0.25, -0.2) is 4.98 Å². The van der Waals surface area contributed by atoms with Crippen LogP contribution in [0.15, 0.2) is 10.8 Å². The number of aromatic nitrogens is 1. The van der Waals surface area contributed by atoms with Gasteiger partial charge in [-0.15, -0.1) is 0 Å². The molecule has 0 amide bonds. The maximum Gasteiger partial charge on any atom is 0.181 e. The third-order valence-electron chi connectivity index (χ3n) is 5.84. The molecular formula is C17H26N2O. The third-order valence-corrected chi connectivity index (χ3v) is 5.84. The molecule has 4 saturated carbocycles. The van der Waals surface area contributed by atoms with Crippen LogP contribution >= 0.6 is 0 Å². The van der Waals surface area contributed by atoms with Crippen molar-refractivity contribution in [1.29, 1.82) is 0 Å². The fourth-order valence-electron chi connectivity index (χ4n) is 5.52. The van der Waals surface area contributed by atoms with E-state index in [4.69, 9.17) is 4.42 Å². The molecule has 0 radical (unpaired) electrons. The molecule has 4 aliphatic rings. The van der Waals surface area contributed by atoms with Gasteiger partial charge in [0.15, 0.2) is 6.39 Å². The normalized spacial score (nSPS) is 38.9. The molecule has 0 aromatic carbocycles. The topological polar surface area (TPSA) is 38.1 Å². The van der Waals surface area contributed by atoms with Crippen LogP contribution in [0.1, 0.15) is 63.8 Å². The molecule has 1 aromatic rings. The number of nitrogens with one attached hydrogen (secondary N) is 1. The molecule has 4 fully saturated rings. The van der Waals surface area contributed by atoms with Crippen LogP contribution in [0.2, 0.25) is 0 Å². The predicted molar refractivity (Wildman–Crippen MR) is 78.3 cm³/mol. The van der Waals surface area contributed by atoms with Gasteiger partial charge in [-0.1, -0.05) is 13.8 Å². The Balaban J connectivity index is 1.62. The summed E-state index contributed by atoms with van der Waals surface area (Å²) in [6.45, 7) is 5.22. The molecule has 0 aliphatic heterocycles. The highest BCUT2D eigenvalue weighted by atomic mass is 16.3. The Labute approximate surface area is 121 Å². The first kappa shape index (κ1) is 12.9. The summed E-state index contributed by atoms with van der Waals surface area (Å²) >= 11 is 0. The molecule has 0 saturated heterocycles. The van der Waals surface area contributed by atoms with E-state index in [0.717, 1.165) is 24.3 Å². The van der Waals surface area contributed by atoms with Gasteiger partial charge in [0.1, 0.15) is 5.76 Å². The molecule has 5 rings (SSSR count). The molecule has 1 heterocycles. The molecule has 3 heteroatoms. The Morgan fingerprint density at radius 2 is 1.80 bits per heavy atom. The summed E-state index contributed by atoms with van der Waals surface area (Å²) in [5.74, 6) is 4.09. The summed E-state index contributed by atoms with van der Waals surface area (Å²) in [5.41, 5.74) is 1.50. The lowest BCUT2D eigenvalue weighted by Gasteiger charge is -2.56. The first-order valence-corrected chi connectivity index (χ1v) is 8.31. The summed E-state index contributed by atoms with van der Waals surface area (Å²) in [4.78, 5) is 4.52. The summed E-state index contributed by atoms with van der Waals surface area (Å²) in [7, 11) is 0. The quantitative estimate of drug-likeness (QED) is 0.911. The van der Waals surface area contributed by atoms with Crippen molar-refractivity contribution >= 4 is 0 Å². The summed E-state index contributed by atoms with van der Waals surface area (Å²) < 4.78 is 5.93. The van der Waals surface area contributed by atoms with Crippen molar-refractivity contribution < 1.29 is 4.42 Å². The fourth-order valence-corrected chi connectivity index (χ4v) is 5.52. The van der Waals surface area contributed by atoms with Gasteiger partial charge in [-0.2, -0.15) is 0 Å². The van der Waals surface area contributed by atoms with Gasteiger partial charge in [0.05, 0.1) is 5.69 Å². The average Bonchev–Trinajstić information content (AvgIpc) is 2.83. The number of hydrogen-bond acceptors (Lipinski definition) is 3. The first-order chi connectivity index (χ1) is 9.64. The number of hydrogen-bond donors (Lipinski definition) is 1. The van der Waals surface area contributed by atoms with Crippen LogP contribution in [-0.4, -0.2) is 11.0 Å². The minimum Gasteiger partial charge on any atom is -0.448 e. The highest BCUT2D eigenvalue weighted by Crippen LogP contribution is 2.61. The van der Waals surface area contributed by atoms with Gasteiger partial charge in [0, 0.05) is 18.0 Å². The molecular weight excluding hydrogens is 248 g/mol. The second-order valence-electron chi connectivity index (χ2n) is 7.86. The molecule has 1 N–H and O–H groups in total. The van der Waals surface area contributed by atoms with E-state index >= 15 is 0 Å². The van der Waals surface area contributed by atoms with Crippen molar-refractivity contribution in [2.45, 2.75) is 70.4 Å². The molecule has 0 atom stereocenters. The molecule has 3 nitrogen and oxygen atoms in total. The predicted octanol–water partition coefficient (Wildman–Crippen LogP) is 3.64. The first-order valence-electron chi connectivity index (χ1n) is 8.31. The van der Waals surface area contributed by atoms with Crippen LogP contribution in [0.3, 0.4) is 0 Å². The van der Waals surface area contributed by atoms with Gasteiger partial charge in [-0.3, -0.25) is 0 Å². The van der Waals surface area contributed by atoms with Crippen molar-refractivity contribution in [3.63, 3.8) is 0 Å². The number of rotatable bonds is 4. The maximum absolute atomic E-state index is 5.93. The number of oxazole rings is 1. The van der Waals surface area contributed by atoms with Crippen LogP contribution in [0.4, 0.5) is 0 Å². The zero-order chi connectivity index (χ0) is 13.7. The van der Waals surface area contributed by atoms with E-state index in [1.165, 1.54) is 50.0 Å². The lowest BCUT2D eigenvalue weighted by Crippen LogP contribution is -2.48. The summed E-state index contributed by atoms with van der Waals surface area (Å²) in [6, 6.07) is 0.496. The Hall–Kier alpha value is -0.830. The van der Waals surface area contributed by atoms with Gasteiger partial charge in [-0.05, 0) is 56.3 Å². The Kier molecular flexibility index (Phi) is 2.95. The second kappa shape index (κ2) is 4.59.